The molecule has 1 saturated heterocycles. The summed E-state index contributed by atoms with van der Waals surface area (Å²) in [5, 5.41) is 10.8. The molecule has 0 spiro atoms. The van der Waals surface area contributed by atoms with Crippen LogP contribution >= 0.6 is 0 Å². The summed E-state index contributed by atoms with van der Waals surface area (Å²) >= 11 is 0. The lowest BCUT2D eigenvalue weighted by atomic mass is 9.94. The van der Waals surface area contributed by atoms with Crippen molar-refractivity contribution in [2.45, 2.75) is 43.6 Å². The van der Waals surface area contributed by atoms with E-state index in [1.165, 1.54) is 12.1 Å². The second-order valence-corrected chi connectivity index (χ2v) is 10.1. The molecule has 0 radical (unpaired) electrons. The molecule has 2 fully saturated rings. The van der Waals surface area contributed by atoms with E-state index in [0.29, 0.717) is 22.9 Å². The van der Waals surface area contributed by atoms with E-state index in [1.807, 2.05) is 5.32 Å². The van der Waals surface area contributed by atoms with E-state index in [2.05, 4.69) is 4.98 Å². The molecule has 1 aliphatic heterocycles. The molecule has 1 atom stereocenters. The van der Waals surface area contributed by atoms with Gasteiger partial charge in [-0.25, -0.2) is 22.5 Å². The van der Waals surface area contributed by atoms with Crippen LogP contribution in [0.4, 0.5) is 36.6 Å². The van der Waals surface area contributed by atoms with Gasteiger partial charge in [0.15, 0.2) is 17.3 Å². The number of rotatable bonds is 6. The third kappa shape index (κ3) is 5.23. The van der Waals surface area contributed by atoms with Crippen molar-refractivity contribution >= 4 is 22.8 Å². The van der Waals surface area contributed by atoms with Crippen LogP contribution in [0.3, 0.4) is 0 Å². The van der Waals surface area contributed by atoms with Gasteiger partial charge in [0.05, 0.1) is 12.0 Å². The van der Waals surface area contributed by atoms with Gasteiger partial charge >= 0.3 is 6.18 Å². The lowest BCUT2D eigenvalue weighted by molar-refractivity contribution is -0.158. The maximum Gasteiger partial charge on any atom is 0.408 e. The van der Waals surface area contributed by atoms with Crippen LogP contribution < -0.4 is 15.6 Å². The molecule has 40 heavy (non-hydrogen) atoms. The predicted molar refractivity (Wildman–Crippen MR) is 130 cm³/mol. The Kier molecular flexibility index (Phi) is 7.01. The third-order valence-corrected chi connectivity index (χ3v) is 7.30. The van der Waals surface area contributed by atoms with Crippen molar-refractivity contribution in [3.63, 3.8) is 0 Å². The summed E-state index contributed by atoms with van der Waals surface area (Å²) in [5.74, 6) is -6.18. The molecule has 2 aliphatic rings. The summed E-state index contributed by atoms with van der Waals surface area (Å²) in [7, 11) is 0. The van der Waals surface area contributed by atoms with Crippen LogP contribution in [0.15, 0.2) is 35.3 Å². The van der Waals surface area contributed by atoms with Crippen LogP contribution in [0.5, 0.6) is 0 Å². The minimum atomic E-state index is -4.79. The Hall–Kier alpha value is -3.68. The highest BCUT2D eigenvalue weighted by atomic mass is 19.4. The zero-order valence-corrected chi connectivity index (χ0v) is 20.7. The van der Waals surface area contributed by atoms with Crippen molar-refractivity contribution in [2.75, 3.05) is 24.6 Å². The van der Waals surface area contributed by atoms with Gasteiger partial charge in [-0.05, 0) is 30.9 Å². The average Bonchev–Trinajstić information content (AvgIpc) is 3.72. The lowest BCUT2D eigenvalue weighted by Crippen LogP contribution is -2.48. The first kappa shape index (κ1) is 27.9. The predicted octanol–water partition coefficient (Wildman–Crippen LogP) is 4.17. The zero-order valence-electron chi connectivity index (χ0n) is 20.7. The summed E-state index contributed by atoms with van der Waals surface area (Å²) in [4.78, 5) is 32.2. The molecule has 3 heterocycles. The maximum absolute atomic E-state index is 14.9. The fraction of sp³-hybridized carbons (Fsp3) is 0.423. The van der Waals surface area contributed by atoms with E-state index in [1.54, 1.807) is 4.90 Å². The molecule has 1 amide bonds. The zero-order chi connectivity index (χ0) is 29.0. The van der Waals surface area contributed by atoms with E-state index >= 15 is 0 Å². The van der Waals surface area contributed by atoms with Gasteiger partial charge in [-0.3, -0.25) is 14.2 Å². The van der Waals surface area contributed by atoms with Gasteiger partial charge in [-0.1, -0.05) is 0 Å². The molecular weight excluding hydrogens is 549 g/mol. The molecule has 1 saturated carbocycles. The molecule has 1 aromatic carbocycles. The molecule has 1 unspecified atom stereocenters. The highest BCUT2D eigenvalue weighted by Gasteiger charge is 2.50. The lowest BCUT2D eigenvalue weighted by Gasteiger charge is -2.36. The Bertz CT molecular complexity index is 1510. The van der Waals surface area contributed by atoms with E-state index < -0.39 is 70.5 Å². The topological polar surface area (TPSA) is 87.5 Å². The van der Waals surface area contributed by atoms with Gasteiger partial charge in [-0.2, -0.15) is 13.2 Å². The van der Waals surface area contributed by atoms with Gasteiger partial charge in [-0.15, -0.1) is 0 Å². The normalized spacial score (nSPS) is 18.1. The van der Waals surface area contributed by atoms with E-state index in [0.717, 1.165) is 0 Å². The SMILES string of the molecule is O=C(NC(C1CC1)C(F)(F)F)c1cn(-c2c(F)cc(F)cc2F)c2nc(N3CCC(F)(CO)CC3)ccc2c1=O. The summed E-state index contributed by atoms with van der Waals surface area (Å²) in [6.07, 6.45) is -3.76. The van der Waals surface area contributed by atoms with Gasteiger partial charge in [0.1, 0.15) is 34.6 Å². The van der Waals surface area contributed by atoms with Crippen molar-refractivity contribution < 1.29 is 40.6 Å². The van der Waals surface area contributed by atoms with Gasteiger partial charge < -0.3 is 15.3 Å². The Morgan fingerprint density at radius 1 is 1.12 bits per heavy atom. The van der Waals surface area contributed by atoms with Crippen LogP contribution in [0.2, 0.25) is 0 Å². The molecular formula is C26H23F7N4O3. The van der Waals surface area contributed by atoms with Crippen molar-refractivity contribution in [2.24, 2.45) is 5.92 Å². The number of benzene rings is 1. The first-order valence-corrected chi connectivity index (χ1v) is 12.4. The Labute approximate surface area is 222 Å². The number of aromatic nitrogens is 2. The number of piperidine rings is 1. The van der Waals surface area contributed by atoms with Crippen LogP contribution in [-0.2, 0) is 0 Å². The van der Waals surface area contributed by atoms with E-state index in [-0.39, 0.29) is 55.6 Å². The van der Waals surface area contributed by atoms with Gasteiger partial charge in [0, 0.05) is 44.3 Å². The molecule has 2 aromatic heterocycles. The van der Waals surface area contributed by atoms with E-state index in [9.17, 15) is 45.4 Å². The van der Waals surface area contributed by atoms with Crippen LogP contribution in [-0.4, -0.2) is 58.1 Å². The number of hydrogen-bond donors (Lipinski definition) is 2. The number of alkyl halides is 4. The number of nitrogens with one attached hydrogen (secondary N) is 1. The number of aliphatic hydroxyl groups excluding tert-OH is 1. The molecule has 5 rings (SSSR count). The Morgan fingerprint density at radius 2 is 1.75 bits per heavy atom. The second kappa shape index (κ2) is 10.1. The molecule has 1 aliphatic carbocycles. The molecule has 0 bridgehead atoms. The van der Waals surface area contributed by atoms with Crippen molar-refractivity contribution in [3.05, 3.63) is 63.7 Å². The fourth-order valence-corrected chi connectivity index (χ4v) is 4.88. The monoisotopic (exact) mass is 572 g/mol. The van der Waals surface area contributed by atoms with Crippen LogP contribution in [0.25, 0.3) is 16.7 Å². The number of halogens is 7. The highest BCUT2D eigenvalue weighted by molar-refractivity contribution is 5.97. The summed E-state index contributed by atoms with van der Waals surface area (Å²) in [5.41, 5.74) is -4.93. The first-order valence-electron chi connectivity index (χ1n) is 12.4. The molecule has 2 N–H and O–H groups in total. The van der Waals surface area contributed by atoms with E-state index in [4.69, 9.17) is 0 Å². The summed E-state index contributed by atoms with van der Waals surface area (Å²) in [6.45, 7) is -0.450. The number of hydrogen-bond acceptors (Lipinski definition) is 5. The molecule has 214 valence electrons. The standard InChI is InChI=1S/C26H23F7N4O3/c27-14-9-17(28)20(18(29)10-14)37-11-16(24(40)35-22(13-1-2-13)26(31,32)33)21(39)15-3-4-19(34-23(15)37)36-7-5-25(30,12-38)6-8-36/h3-4,9-11,13,22,38H,1-2,5-8,12H2,(H,35,40). The second-order valence-electron chi connectivity index (χ2n) is 10.1. The highest BCUT2D eigenvalue weighted by Crippen LogP contribution is 2.40. The molecule has 7 nitrogen and oxygen atoms in total. The number of pyridine rings is 2. The minimum absolute atomic E-state index is 0.0439. The fourth-order valence-electron chi connectivity index (χ4n) is 4.88. The average molecular weight is 572 g/mol. The van der Waals surface area contributed by atoms with Crippen molar-refractivity contribution in [1.29, 1.82) is 0 Å². The molecule has 3 aromatic rings. The smallest absolute Gasteiger partial charge is 0.393 e. The maximum atomic E-state index is 14.9. The Morgan fingerprint density at radius 3 is 2.30 bits per heavy atom. The van der Waals surface area contributed by atoms with Crippen LogP contribution in [0, 0.1) is 23.4 Å². The minimum Gasteiger partial charge on any atom is -0.393 e. The Balaban J connectivity index is 1.64. The first-order chi connectivity index (χ1) is 18.8. The van der Waals surface area contributed by atoms with Gasteiger partial charge in [0.2, 0.25) is 5.43 Å². The molecule has 14 heteroatoms. The third-order valence-electron chi connectivity index (χ3n) is 7.30. The largest absolute Gasteiger partial charge is 0.408 e. The number of carbonyl (C=O) groups excluding carboxylic acids is 1. The number of carbonyl (C=O) groups is 1. The number of anilines is 1. The quantitative estimate of drug-likeness (QED) is 0.433. The number of fused-ring (bicyclic) bond motifs is 1. The van der Waals surface area contributed by atoms with Gasteiger partial charge in [0.25, 0.3) is 5.91 Å². The van der Waals surface area contributed by atoms with Crippen LogP contribution in [0.1, 0.15) is 36.0 Å². The number of nitrogens with zero attached hydrogens (tertiary/aromatic N) is 3. The number of aliphatic hydroxyl groups is 1. The summed E-state index contributed by atoms with van der Waals surface area (Å²) < 4.78 is 99.2. The number of amides is 1. The van der Waals surface area contributed by atoms with Crippen molar-refractivity contribution in [3.8, 4) is 5.69 Å². The van der Waals surface area contributed by atoms with Crippen molar-refractivity contribution in [1.82, 2.24) is 14.9 Å². The summed E-state index contributed by atoms with van der Waals surface area (Å²) in [6, 6.07) is 1.04.